The maximum absolute atomic E-state index is 12.7. The minimum atomic E-state index is -3.59. The molecular weight excluding hydrogens is 418 g/mol. The van der Waals surface area contributed by atoms with Gasteiger partial charge in [-0.1, -0.05) is 17.7 Å². The van der Waals surface area contributed by atoms with Crippen molar-refractivity contribution in [2.45, 2.75) is 11.4 Å². The first-order valence-electron chi connectivity index (χ1n) is 8.85. The Bertz CT molecular complexity index is 934. The lowest BCUT2D eigenvalue weighted by molar-refractivity contribution is 0.0629. The minimum Gasteiger partial charge on any atom is -0.336 e. The highest BCUT2D eigenvalue weighted by molar-refractivity contribution is 7.89. The molecule has 1 saturated heterocycles. The lowest BCUT2D eigenvalue weighted by Gasteiger charge is -2.34. The molecule has 0 radical (unpaired) electrons. The van der Waals surface area contributed by atoms with E-state index in [-0.39, 0.29) is 17.3 Å². The lowest BCUT2D eigenvalue weighted by atomic mass is 10.2. The zero-order valence-corrected chi connectivity index (χ0v) is 17.7. The van der Waals surface area contributed by atoms with Crippen LogP contribution in [0.5, 0.6) is 0 Å². The molecule has 2 aromatic rings. The van der Waals surface area contributed by atoms with Gasteiger partial charge in [0, 0.05) is 49.7 Å². The van der Waals surface area contributed by atoms with Gasteiger partial charge in [0.2, 0.25) is 10.0 Å². The number of halogens is 1. The Hall–Kier alpha value is -1.71. The van der Waals surface area contributed by atoms with Gasteiger partial charge < -0.3 is 4.90 Å². The van der Waals surface area contributed by atoms with Crippen molar-refractivity contribution in [3.8, 4) is 0 Å². The summed E-state index contributed by atoms with van der Waals surface area (Å²) in [6, 6.07) is 9.96. The molecule has 2 heterocycles. The smallest absolute Gasteiger partial charge is 0.253 e. The zero-order valence-electron chi connectivity index (χ0n) is 15.3. The average molecular weight is 440 g/mol. The van der Waals surface area contributed by atoms with Crippen LogP contribution in [0.1, 0.15) is 15.2 Å². The number of sulfonamides is 1. The Balaban J connectivity index is 1.57. The topological polar surface area (TPSA) is 69.7 Å². The van der Waals surface area contributed by atoms with Gasteiger partial charge in [-0.25, -0.2) is 13.1 Å². The van der Waals surface area contributed by atoms with Crippen LogP contribution in [-0.2, 0) is 16.6 Å². The number of rotatable bonds is 7. The molecule has 1 aromatic heterocycles. The normalized spacial score (nSPS) is 15.5. The predicted octanol–water partition coefficient (Wildman–Crippen LogP) is 2.82. The second-order valence-electron chi connectivity index (χ2n) is 6.44. The molecule has 1 N–H and O–H groups in total. The van der Waals surface area contributed by atoms with Crippen LogP contribution in [0.3, 0.4) is 0 Å². The monoisotopic (exact) mass is 439 g/mol. The molecule has 0 atom stereocenters. The van der Waals surface area contributed by atoms with Gasteiger partial charge in [0.05, 0.1) is 9.23 Å². The van der Waals surface area contributed by atoms with E-state index >= 15 is 0 Å². The van der Waals surface area contributed by atoms with Gasteiger partial charge in [0.15, 0.2) is 0 Å². The third kappa shape index (κ3) is 5.21. The zero-order chi connectivity index (χ0) is 20.1. The van der Waals surface area contributed by atoms with Gasteiger partial charge in [-0.15, -0.1) is 17.9 Å². The molecule has 3 rings (SSSR count). The molecular formula is C19H22ClN3O3S2. The maximum atomic E-state index is 12.7. The van der Waals surface area contributed by atoms with Crippen molar-refractivity contribution in [2.24, 2.45) is 0 Å². The molecule has 0 spiro atoms. The third-order valence-corrected chi connectivity index (χ3v) is 7.15. The van der Waals surface area contributed by atoms with Crippen LogP contribution in [0, 0.1) is 0 Å². The van der Waals surface area contributed by atoms with E-state index in [4.69, 9.17) is 11.6 Å². The van der Waals surface area contributed by atoms with Crippen LogP contribution < -0.4 is 4.72 Å². The first-order chi connectivity index (χ1) is 13.4. The molecule has 9 heteroatoms. The van der Waals surface area contributed by atoms with E-state index in [2.05, 4.69) is 16.2 Å². The molecule has 1 aliphatic heterocycles. The molecule has 0 bridgehead atoms. The SMILES string of the molecule is C=CCNS(=O)(=O)c1ccc(C(=O)N2CCN(Cc3ccc(Cl)s3)CC2)cc1. The Kier molecular flexibility index (Phi) is 6.90. The number of hydrogen-bond donors (Lipinski definition) is 1. The number of benzene rings is 1. The highest BCUT2D eigenvalue weighted by Crippen LogP contribution is 2.23. The van der Waals surface area contributed by atoms with Crippen LogP contribution in [0.25, 0.3) is 0 Å². The van der Waals surface area contributed by atoms with E-state index in [1.54, 1.807) is 28.4 Å². The molecule has 1 aliphatic rings. The van der Waals surface area contributed by atoms with Crippen molar-refractivity contribution in [2.75, 3.05) is 32.7 Å². The quantitative estimate of drug-likeness (QED) is 0.673. The van der Waals surface area contributed by atoms with Crippen molar-refractivity contribution in [3.05, 3.63) is 63.8 Å². The van der Waals surface area contributed by atoms with E-state index < -0.39 is 10.0 Å². The van der Waals surface area contributed by atoms with E-state index in [1.807, 2.05) is 12.1 Å². The summed E-state index contributed by atoms with van der Waals surface area (Å²) in [6.07, 6.45) is 1.47. The van der Waals surface area contributed by atoms with Crippen molar-refractivity contribution < 1.29 is 13.2 Å². The molecule has 1 aromatic carbocycles. The van der Waals surface area contributed by atoms with E-state index in [0.717, 1.165) is 24.0 Å². The van der Waals surface area contributed by atoms with Gasteiger partial charge in [-0.2, -0.15) is 0 Å². The van der Waals surface area contributed by atoms with E-state index in [0.29, 0.717) is 18.7 Å². The highest BCUT2D eigenvalue weighted by atomic mass is 35.5. The standard InChI is InChI=1S/C19H22ClN3O3S2/c1-2-9-21-28(25,26)17-6-3-15(4-7-17)19(24)23-12-10-22(11-13-23)14-16-5-8-18(20)27-16/h2-8,21H,1,9-14H2. The Morgan fingerprint density at radius 2 is 1.82 bits per heavy atom. The Morgan fingerprint density at radius 1 is 1.14 bits per heavy atom. The fraction of sp³-hybridized carbons (Fsp3) is 0.316. The van der Waals surface area contributed by atoms with Crippen molar-refractivity contribution in [3.63, 3.8) is 0 Å². The summed E-state index contributed by atoms with van der Waals surface area (Å²) in [5, 5.41) is 0. The van der Waals surface area contributed by atoms with Gasteiger partial charge >= 0.3 is 0 Å². The number of thiophene rings is 1. The summed E-state index contributed by atoms with van der Waals surface area (Å²) in [5.41, 5.74) is 0.487. The first kappa shape index (κ1) is 21.0. The molecule has 0 unspecified atom stereocenters. The van der Waals surface area contributed by atoms with E-state index in [9.17, 15) is 13.2 Å². The number of piperazine rings is 1. The molecule has 6 nitrogen and oxygen atoms in total. The number of carbonyl (C=O) groups is 1. The van der Waals surface area contributed by atoms with Gasteiger partial charge in [0.1, 0.15) is 0 Å². The second-order valence-corrected chi connectivity index (χ2v) is 10.0. The van der Waals surface area contributed by atoms with Crippen molar-refractivity contribution in [1.82, 2.24) is 14.5 Å². The number of amides is 1. The number of hydrogen-bond acceptors (Lipinski definition) is 5. The van der Waals surface area contributed by atoms with Gasteiger partial charge in [-0.3, -0.25) is 9.69 Å². The van der Waals surface area contributed by atoms with Gasteiger partial charge in [0.25, 0.3) is 5.91 Å². The molecule has 28 heavy (non-hydrogen) atoms. The fourth-order valence-electron chi connectivity index (χ4n) is 2.98. The van der Waals surface area contributed by atoms with Gasteiger partial charge in [-0.05, 0) is 36.4 Å². The Labute approximate surface area is 174 Å². The summed E-state index contributed by atoms with van der Waals surface area (Å²) in [4.78, 5) is 18.2. The second kappa shape index (κ2) is 9.19. The lowest BCUT2D eigenvalue weighted by Crippen LogP contribution is -2.48. The summed E-state index contributed by atoms with van der Waals surface area (Å²) >= 11 is 7.55. The van der Waals surface area contributed by atoms with Crippen molar-refractivity contribution >= 4 is 38.9 Å². The highest BCUT2D eigenvalue weighted by Gasteiger charge is 2.23. The summed E-state index contributed by atoms with van der Waals surface area (Å²) in [7, 11) is -3.59. The Morgan fingerprint density at radius 3 is 2.39 bits per heavy atom. The fourth-order valence-corrected chi connectivity index (χ4v) is 5.11. The molecule has 1 fully saturated rings. The van der Waals surface area contributed by atoms with Crippen LogP contribution in [-0.4, -0.2) is 56.8 Å². The summed E-state index contributed by atoms with van der Waals surface area (Å²) < 4.78 is 27.4. The maximum Gasteiger partial charge on any atom is 0.253 e. The van der Waals surface area contributed by atoms with Crippen LogP contribution in [0.4, 0.5) is 0 Å². The van der Waals surface area contributed by atoms with E-state index in [1.165, 1.54) is 23.1 Å². The number of nitrogens with zero attached hydrogens (tertiary/aromatic N) is 2. The van der Waals surface area contributed by atoms with Crippen LogP contribution in [0.15, 0.2) is 53.9 Å². The summed E-state index contributed by atoms with van der Waals surface area (Å²) in [5.74, 6) is -0.0817. The first-order valence-corrected chi connectivity index (χ1v) is 11.5. The largest absolute Gasteiger partial charge is 0.336 e. The summed E-state index contributed by atoms with van der Waals surface area (Å²) in [6.45, 7) is 7.34. The third-order valence-electron chi connectivity index (χ3n) is 4.50. The minimum absolute atomic E-state index is 0.0817. The van der Waals surface area contributed by atoms with Crippen LogP contribution >= 0.6 is 22.9 Å². The van der Waals surface area contributed by atoms with Crippen LogP contribution in [0.2, 0.25) is 4.34 Å². The molecule has 0 aliphatic carbocycles. The van der Waals surface area contributed by atoms with Crippen molar-refractivity contribution in [1.29, 1.82) is 0 Å². The molecule has 150 valence electrons. The number of carbonyl (C=O) groups excluding carboxylic acids is 1. The molecule has 0 saturated carbocycles. The average Bonchev–Trinajstić information content (AvgIpc) is 3.11. The molecule has 1 amide bonds. The predicted molar refractivity (Wildman–Crippen MR) is 112 cm³/mol. The number of nitrogens with one attached hydrogen (secondary N) is 1.